The molecule has 1 rings (SSSR count). The molecule has 0 heterocycles. The van der Waals surface area contributed by atoms with Gasteiger partial charge in [-0.2, -0.15) is 0 Å². The molecule has 0 aliphatic rings. The first-order valence-electron chi connectivity index (χ1n) is 6.04. The van der Waals surface area contributed by atoms with E-state index < -0.39 is 0 Å². The van der Waals surface area contributed by atoms with Crippen LogP contribution < -0.4 is 4.74 Å². The van der Waals surface area contributed by atoms with E-state index in [0.717, 1.165) is 29.2 Å². The number of nitrogens with zero attached hydrogens (tertiary/aromatic N) is 1. The number of methoxy groups -OCH3 is 1. The van der Waals surface area contributed by atoms with Crippen molar-refractivity contribution < 1.29 is 4.74 Å². The summed E-state index contributed by atoms with van der Waals surface area (Å²) in [4.78, 5) is 2.36. The fraction of sp³-hybridized carbons (Fsp3) is 0.571. The van der Waals surface area contributed by atoms with Crippen LogP contribution in [0.5, 0.6) is 5.75 Å². The quantitative estimate of drug-likeness (QED) is 0.789. The van der Waals surface area contributed by atoms with Crippen LogP contribution in [-0.4, -0.2) is 25.6 Å². The number of benzene rings is 1. The van der Waals surface area contributed by atoms with Crippen molar-refractivity contribution in [3.63, 3.8) is 0 Å². The van der Waals surface area contributed by atoms with Gasteiger partial charge in [0.25, 0.3) is 0 Å². The van der Waals surface area contributed by atoms with Gasteiger partial charge in [-0.3, -0.25) is 0 Å². The van der Waals surface area contributed by atoms with Gasteiger partial charge in [0, 0.05) is 6.54 Å². The van der Waals surface area contributed by atoms with Crippen LogP contribution in [0.3, 0.4) is 0 Å². The van der Waals surface area contributed by atoms with E-state index >= 15 is 0 Å². The number of hydrogen-bond acceptors (Lipinski definition) is 2. The van der Waals surface area contributed by atoms with Crippen LogP contribution in [0.1, 0.15) is 25.8 Å². The summed E-state index contributed by atoms with van der Waals surface area (Å²) >= 11 is 3.52. The van der Waals surface area contributed by atoms with Gasteiger partial charge in [-0.15, -0.1) is 0 Å². The molecule has 0 unspecified atom stereocenters. The monoisotopic (exact) mass is 299 g/mol. The Morgan fingerprint density at radius 3 is 2.59 bits per heavy atom. The zero-order valence-electron chi connectivity index (χ0n) is 11.2. The minimum absolute atomic E-state index is 0.764. The molecule has 0 spiro atoms. The molecule has 0 aliphatic carbocycles. The number of hydrogen-bond donors (Lipinski definition) is 0. The SMILES string of the molecule is COc1ccc(CN(C)CCC(C)C)cc1Br. The molecule has 1 aromatic rings. The van der Waals surface area contributed by atoms with Gasteiger partial charge in [0.05, 0.1) is 11.6 Å². The van der Waals surface area contributed by atoms with Crippen LogP contribution in [0, 0.1) is 5.92 Å². The van der Waals surface area contributed by atoms with E-state index in [4.69, 9.17) is 4.74 Å². The van der Waals surface area contributed by atoms with Crippen molar-refractivity contribution in [3.05, 3.63) is 28.2 Å². The minimum Gasteiger partial charge on any atom is -0.496 e. The average molecular weight is 300 g/mol. The van der Waals surface area contributed by atoms with Gasteiger partial charge < -0.3 is 9.64 Å². The third-order valence-corrected chi connectivity index (χ3v) is 3.38. The van der Waals surface area contributed by atoms with Crippen LogP contribution in [-0.2, 0) is 6.54 Å². The number of rotatable bonds is 6. The topological polar surface area (TPSA) is 12.5 Å². The zero-order valence-corrected chi connectivity index (χ0v) is 12.8. The van der Waals surface area contributed by atoms with Crippen LogP contribution >= 0.6 is 15.9 Å². The molecular weight excluding hydrogens is 278 g/mol. The molecular formula is C14H22BrNO. The minimum atomic E-state index is 0.764. The highest BCUT2D eigenvalue weighted by Crippen LogP contribution is 2.25. The molecule has 0 N–H and O–H groups in total. The molecule has 0 amide bonds. The maximum atomic E-state index is 5.22. The highest BCUT2D eigenvalue weighted by atomic mass is 79.9. The Balaban J connectivity index is 2.53. The lowest BCUT2D eigenvalue weighted by molar-refractivity contribution is 0.303. The second-order valence-electron chi connectivity index (χ2n) is 4.89. The summed E-state index contributed by atoms with van der Waals surface area (Å²) in [6, 6.07) is 6.26. The maximum Gasteiger partial charge on any atom is 0.133 e. The van der Waals surface area contributed by atoms with Crippen LogP contribution in [0.15, 0.2) is 22.7 Å². The van der Waals surface area contributed by atoms with E-state index in [1.807, 2.05) is 6.07 Å². The first-order valence-corrected chi connectivity index (χ1v) is 6.83. The van der Waals surface area contributed by atoms with Gasteiger partial charge in [-0.1, -0.05) is 19.9 Å². The van der Waals surface area contributed by atoms with Crippen LogP contribution in [0.25, 0.3) is 0 Å². The predicted octanol–water partition coefficient (Wildman–Crippen LogP) is 3.94. The van der Waals surface area contributed by atoms with Gasteiger partial charge in [0.2, 0.25) is 0 Å². The molecule has 2 nitrogen and oxygen atoms in total. The molecule has 1 aromatic carbocycles. The van der Waals surface area contributed by atoms with E-state index in [-0.39, 0.29) is 0 Å². The van der Waals surface area contributed by atoms with E-state index in [0.29, 0.717) is 0 Å². The fourth-order valence-corrected chi connectivity index (χ4v) is 2.27. The Labute approximate surface area is 113 Å². The van der Waals surface area contributed by atoms with Gasteiger partial charge in [0.1, 0.15) is 5.75 Å². The van der Waals surface area contributed by atoms with Crippen molar-refractivity contribution in [1.29, 1.82) is 0 Å². The Morgan fingerprint density at radius 1 is 1.35 bits per heavy atom. The molecule has 0 aliphatic heterocycles. The van der Waals surface area contributed by atoms with E-state index in [2.05, 4.69) is 53.9 Å². The van der Waals surface area contributed by atoms with E-state index in [1.165, 1.54) is 12.0 Å². The van der Waals surface area contributed by atoms with Gasteiger partial charge in [0.15, 0.2) is 0 Å². The summed E-state index contributed by atoms with van der Waals surface area (Å²) in [6.45, 7) is 6.65. The first-order chi connectivity index (χ1) is 8.02. The number of ether oxygens (including phenoxy) is 1. The third kappa shape index (κ3) is 5.09. The van der Waals surface area contributed by atoms with E-state index in [1.54, 1.807) is 7.11 Å². The molecule has 0 aromatic heterocycles. The van der Waals surface area contributed by atoms with Gasteiger partial charge in [-0.05, 0) is 59.6 Å². The molecule has 0 fully saturated rings. The summed E-state index contributed by atoms with van der Waals surface area (Å²) in [6.07, 6.45) is 1.24. The predicted molar refractivity (Wildman–Crippen MR) is 76.5 cm³/mol. The molecule has 0 atom stereocenters. The molecule has 17 heavy (non-hydrogen) atoms. The highest BCUT2D eigenvalue weighted by Gasteiger charge is 2.05. The summed E-state index contributed by atoms with van der Waals surface area (Å²) in [7, 11) is 3.86. The Bertz CT molecular complexity index is 352. The van der Waals surface area contributed by atoms with Crippen molar-refractivity contribution in [2.24, 2.45) is 5.92 Å². The summed E-state index contributed by atoms with van der Waals surface area (Å²) < 4.78 is 6.25. The normalized spacial score (nSPS) is 11.2. The van der Waals surface area contributed by atoms with Crippen molar-refractivity contribution >= 4 is 15.9 Å². The maximum absolute atomic E-state index is 5.22. The lowest BCUT2D eigenvalue weighted by Gasteiger charge is -2.18. The van der Waals surface area contributed by atoms with Crippen LogP contribution in [0.4, 0.5) is 0 Å². The largest absolute Gasteiger partial charge is 0.496 e. The van der Waals surface area contributed by atoms with Crippen molar-refractivity contribution in [3.8, 4) is 5.75 Å². The zero-order chi connectivity index (χ0) is 12.8. The lowest BCUT2D eigenvalue weighted by Crippen LogP contribution is -2.20. The molecule has 0 radical (unpaired) electrons. The molecule has 3 heteroatoms. The average Bonchev–Trinajstić information content (AvgIpc) is 2.26. The smallest absolute Gasteiger partial charge is 0.133 e. The van der Waals surface area contributed by atoms with Crippen molar-refractivity contribution in [2.45, 2.75) is 26.8 Å². The van der Waals surface area contributed by atoms with Gasteiger partial charge >= 0.3 is 0 Å². The second kappa shape index (κ2) is 7.02. The molecule has 0 saturated carbocycles. The fourth-order valence-electron chi connectivity index (χ4n) is 1.68. The molecule has 0 saturated heterocycles. The lowest BCUT2D eigenvalue weighted by atomic mass is 10.1. The van der Waals surface area contributed by atoms with E-state index in [9.17, 15) is 0 Å². The Morgan fingerprint density at radius 2 is 2.06 bits per heavy atom. The highest BCUT2D eigenvalue weighted by molar-refractivity contribution is 9.10. The van der Waals surface area contributed by atoms with Crippen LogP contribution in [0.2, 0.25) is 0 Å². The third-order valence-electron chi connectivity index (χ3n) is 2.76. The van der Waals surface area contributed by atoms with Crippen molar-refractivity contribution in [2.75, 3.05) is 20.7 Å². The Hall–Kier alpha value is -0.540. The summed E-state index contributed by atoms with van der Waals surface area (Å²) in [5.74, 6) is 1.65. The second-order valence-corrected chi connectivity index (χ2v) is 5.74. The molecule has 96 valence electrons. The summed E-state index contributed by atoms with van der Waals surface area (Å²) in [5, 5.41) is 0. The number of halogens is 1. The summed E-state index contributed by atoms with van der Waals surface area (Å²) in [5.41, 5.74) is 1.31. The Kier molecular flexibility index (Phi) is 6.00. The molecule has 0 bridgehead atoms. The first kappa shape index (κ1) is 14.5. The van der Waals surface area contributed by atoms with Crippen molar-refractivity contribution in [1.82, 2.24) is 4.90 Å². The van der Waals surface area contributed by atoms with Gasteiger partial charge in [-0.25, -0.2) is 0 Å². The standard InChI is InChI=1S/C14H22BrNO/c1-11(2)7-8-16(3)10-12-5-6-14(17-4)13(15)9-12/h5-6,9,11H,7-8,10H2,1-4H3.